The lowest BCUT2D eigenvalue weighted by Gasteiger charge is -2.10. The Hall–Kier alpha value is -2.37. The molecule has 1 aromatic carbocycles. The molecular formula is C13H14FN3O2. The van der Waals surface area contributed by atoms with Gasteiger partial charge in [0.2, 0.25) is 0 Å². The molecular weight excluding hydrogens is 249 g/mol. The van der Waals surface area contributed by atoms with Gasteiger partial charge in [0.1, 0.15) is 11.4 Å². The van der Waals surface area contributed by atoms with Crippen LogP contribution in [0, 0.1) is 12.7 Å². The molecule has 2 aromatic rings. The lowest BCUT2D eigenvalue weighted by molar-refractivity contribution is 0.0693. The van der Waals surface area contributed by atoms with Gasteiger partial charge in [0, 0.05) is 12.7 Å². The molecule has 0 saturated heterocycles. The van der Waals surface area contributed by atoms with Crippen molar-refractivity contribution in [2.24, 2.45) is 0 Å². The number of nitrogens with zero attached hydrogens (tertiary/aromatic N) is 2. The van der Waals surface area contributed by atoms with Crippen LogP contribution in [0.25, 0.3) is 0 Å². The Labute approximate surface area is 109 Å². The van der Waals surface area contributed by atoms with Gasteiger partial charge >= 0.3 is 5.97 Å². The maximum absolute atomic E-state index is 13.4. The van der Waals surface area contributed by atoms with E-state index in [0.29, 0.717) is 13.1 Å². The highest BCUT2D eigenvalue weighted by Crippen LogP contribution is 2.18. The summed E-state index contributed by atoms with van der Waals surface area (Å²) in [6, 6.07) is 4.15. The van der Waals surface area contributed by atoms with Gasteiger partial charge in [0.15, 0.2) is 0 Å². The fourth-order valence-corrected chi connectivity index (χ4v) is 1.78. The monoisotopic (exact) mass is 263 g/mol. The van der Waals surface area contributed by atoms with Crippen molar-refractivity contribution in [2.45, 2.75) is 13.5 Å². The van der Waals surface area contributed by atoms with Crippen LogP contribution in [0.4, 0.5) is 10.1 Å². The maximum Gasteiger partial charge on any atom is 0.340 e. The zero-order chi connectivity index (χ0) is 13.8. The quantitative estimate of drug-likeness (QED) is 0.867. The molecule has 0 saturated carbocycles. The van der Waals surface area contributed by atoms with E-state index in [0.717, 1.165) is 11.6 Å². The lowest BCUT2D eigenvalue weighted by atomic mass is 10.1. The molecule has 0 spiro atoms. The summed E-state index contributed by atoms with van der Waals surface area (Å²) in [4.78, 5) is 11.0. The van der Waals surface area contributed by atoms with Crippen molar-refractivity contribution >= 4 is 11.7 Å². The Morgan fingerprint density at radius 1 is 1.53 bits per heavy atom. The van der Waals surface area contributed by atoms with Gasteiger partial charge in [-0.05, 0) is 24.6 Å². The Morgan fingerprint density at radius 3 is 2.95 bits per heavy atom. The third-order valence-electron chi connectivity index (χ3n) is 2.65. The summed E-state index contributed by atoms with van der Waals surface area (Å²) in [6.07, 6.45) is 3.62. The van der Waals surface area contributed by atoms with Crippen LogP contribution in [-0.2, 0) is 6.54 Å². The normalized spacial score (nSPS) is 10.4. The van der Waals surface area contributed by atoms with E-state index >= 15 is 0 Å². The first-order valence-corrected chi connectivity index (χ1v) is 5.82. The summed E-state index contributed by atoms with van der Waals surface area (Å²) in [5, 5.41) is 16.0. The largest absolute Gasteiger partial charge is 0.478 e. The third kappa shape index (κ3) is 3.09. The predicted octanol–water partition coefficient (Wildman–Crippen LogP) is 2.14. The Morgan fingerprint density at radius 2 is 2.32 bits per heavy atom. The third-order valence-corrected chi connectivity index (χ3v) is 2.65. The highest BCUT2D eigenvalue weighted by atomic mass is 19.1. The zero-order valence-corrected chi connectivity index (χ0v) is 10.4. The van der Waals surface area contributed by atoms with E-state index in [9.17, 15) is 9.18 Å². The van der Waals surface area contributed by atoms with Crippen molar-refractivity contribution in [3.8, 4) is 0 Å². The number of carbonyl (C=O) groups is 1. The lowest BCUT2D eigenvalue weighted by Crippen LogP contribution is -2.14. The molecule has 0 amide bonds. The highest BCUT2D eigenvalue weighted by Gasteiger charge is 2.14. The number of carboxylic acids is 1. The standard InChI is InChI=1S/C13H14FN3O2/c1-9-7-16-17(8-9)6-5-15-11-4-2-3-10(14)12(11)13(18)19/h2-4,7-8,15H,5-6H2,1H3,(H,18,19). The summed E-state index contributed by atoms with van der Waals surface area (Å²) in [7, 11) is 0. The average molecular weight is 263 g/mol. The van der Waals surface area contributed by atoms with Crippen LogP contribution < -0.4 is 5.32 Å². The number of carboxylic acid groups (broad SMARTS) is 1. The van der Waals surface area contributed by atoms with Crippen LogP contribution in [-0.4, -0.2) is 27.4 Å². The molecule has 1 aromatic heterocycles. The minimum atomic E-state index is -1.28. The fourth-order valence-electron chi connectivity index (χ4n) is 1.78. The van der Waals surface area contributed by atoms with E-state index < -0.39 is 11.8 Å². The second kappa shape index (κ2) is 5.51. The van der Waals surface area contributed by atoms with Crippen molar-refractivity contribution in [3.05, 3.63) is 47.5 Å². The number of aromatic carboxylic acids is 1. The number of nitrogens with one attached hydrogen (secondary N) is 1. The molecule has 0 aliphatic heterocycles. The van der Waals surface area contributed by atoms with Crippen LogP contribution in [0.1, 0.15) is 15.9 Å². The first kappa shape index (κ1) is 13.1. The maximum atomic E-state index is 13.4. The number of benzene rings is 1. The molecule has 0 radical (unpaired) electrons. The Kier molecular flexibility index (Phi) is 3.79. The molecule has 5 nitrogen and oxygen atoms in total. The molecule has 0 fully saturated rings. The van der Waals surface area contributed by atoms with E-state index in [-0.39, 0.29) is 11.3 Å². The molecule has 0 aliphatic carbocycles. The van der Waals surface area contributed by atoms with E-state index in [4.69, 9.17) is 5.11 Å². The Bertz CT molecular complexity index is 595. The van der Waals surface area contributed by atoms with Gasteiger partial charge in [-0.15, -0.1) is 0 Å². The summed E-state index contributed by atoms with van der Waals surface area (Å²) < 4.78 is 15.2. The minimum Gasteiger partial charge on any atom is -0.478 e. The first-order valence-electron chi connectivity index (χ1n) is 5.82. The van der Waals surface area contributed by atoms with Crippen LogP contribution in [0.15, 0.2) is 30.6 Å². The minimum absolute atomic E-state index is 0.274. The van der Waals surface area contributed by atoms with Crippen LogP contribution in [0.2, 0.25) is 0 Å². The number of aromatic nitrogens is 2. The molecule has 19 heavy (non-hydrogen) atoms. The molecule has 1 heterocycles. The molecule has 100 valence electrons. The number of hydrogen-bond donors (Lipinski definition) is 2. The zero-order valence-electron chi connectivity index (χ0n) is 10.4. The number of hydrogen-bond acceptors (Lipinski definition) is 3. The van der Waals surface area contributed by atoms with Gasteiger partial charge in [-0.1, -0.05) is 6.07 Å². The van der Waals surface area contributed by atoms with Crippen LogP contribution >= 0.6 is 0 Å². The van der Waals surface area contributed by atoms with Crippen LogP contribution in [0.3, 0.4) is 0 Å². The van der Waals surface area contributed by atoms with Gasteiger partial charge in [-0.3, -0.25) is 4.68 Å². The number of anilines is 1. The molecule has 2 N–H and O–H groups in total. The summed E-state index contributed by atoms with van der Waals surface area (Å²) in [6.45, 7) is 2.97. The van der Waals surface area contributed by atoms with E-state index in [2.05, 4.69) is 10.4 Å². The first-order chi connectivity index (χ1) is 9.08. The van der Waals surface area contributed by atoms with Crippen molar-refractivity contribution in [1.29, 1.82) is 0 Å². The van der Waals surface area contributed by atoms with Crippen molar-refractivity contribution in [3.63, 3.8) is 0 Å². The second-order valence-corrected chi connectivity index (χ2v) is 4.18. The number of aryl methyl sites for hydroxylation is 1. The fraction of sp³-hybridized carbons (Fsp3) is 0.231. The summed E-state index contributed by atoms with van der Waals surface area (Å²) in [5.74, 6) is -2.03. The SMILES string of the molecule is Cc1cnn(CCNc2cccc(F)c2C(=O)O)c1. The van der Waals surface area contributed by atoms with Gasteiger partial charge in [0.05, 0.1) is 18.4 Å². The molecule has 2 rings (SSSR count). The van der Waals surface area contributed by atoms with E-state index in [1.807, 2.05) is 13.1 Å². The van der Waals surface area contributed by atoms with Gasteiger partial charge in [-0.25, -0.2) is 9.18 Å². The van der Waals surface area contributed by atoms with Crippen LogP contribution in [0.5, 0.6) is 0 Å². The number of halogens is 1. The Balaban J connectivity index is 2.03. The van der Waals surface area contributed by atoms with Gasteiger partial charge in [-0.2, -0.15) is 5.10 Å². The summed E-state index contributed by atoms with van der Waals surface area (Å²) in [5.41, 5.74) is 0.993. The smallest absolute Gasteiger partial charge is 0.340 e. The van der Waals surface area contributed by atoms with E-state index in [1.54, 1.807) is 16.9 Å². The molecule has 0 aliphatic rings. The van der Waals surface area contributed by atoms with Crippen molar-refractivity contribution in [2.75, 3.05) is 11.9 Å². The molecule has 6 heteroatoms. The number of rotatable bonds is 5. The van der Waals surface area contributed by atoms with Gasteiger partial charge < -0.3 is 10.4 Å². The predicted molar refractivity (Wildman–Crippen MR) is 68.8 cm³/mol. The second-order valence-electron chi connectivity index (χ2n) is 4.18. The van der Waals surface area contributed by atoms with Crippen molar-refractivity contribution in [1.82, 2.24) is 9.78 Å². The summed E-state index contributed by atoms with van der Waals surface area (Å²) >= 11 is 0. The molecule has 0 unspecified atom stereocenters. The molecule has 0 atom stereocenters. The van der Waals surface area contributed by atoms with Gasteiger partial charge in [0.25, 0.3) is 0 Å². The average Bonchev–Trinajstić information content (AvgIpc) is 2.74. The van der Waals surface area contributed by atoms with Crippen molar-refractivity contribution < 1.29 is 14.3 Å². The molecule has 0 bridgehead atoms. The van der Waals surface area contributed by atoms with E-state index in [1.165, 1.54) is 6.07 Å². The highest BCUT2D eigenvalue weighted by molar-refractivity contribution is 5.94. The topological polar surface area (TPSA) is 67.2 Å².